The molecule has 0 unspecified atom stereocenters. The van der Waals surface area contributed by atoms with Crippen LogP contribution in [0.4, 0.5) is 0 Å². The van der Waals surface area contributed by atoms with Crippen molar-refractivity contribution in [2.75, 3.05) is 0 Å². The maximum atomic E-state index is 5.41. The molecule has 2 aromatic rings. The predicted molar refractivity (Wildman–Crippen MR) is 48.1 cm³/mol. The summed E-state index contributed by atoms with van der Waals surface area (Å²) in [5.74, 6) is 1.26. The lowest BCUT2D eigenvalue weighted by atomic mass is 10.3. The topological polar surface area (TPSA) is 54.7 Å². The molecule has 0 aromatic carbocycles. The van der Waals surface area contributed by atoms with Crippen LogP contribution in [0.3, 0.4) is 0 Å². The summed E-state index contributed by atoms with van der Waals surface area (Å²) in [6.07, 6.45) is 3.69. The zero-order chi connectivity index (χ0) is 9.10. The fourth-order valence-corrected chi connectivity index (χ4v) is 1.14. The van der Waals surface area contributed by atoms with Gasteiger partial charge in [0.2, 0.25) is 5.89 Å². The highest BCUT2D eigenvalue weighted by atomic mass is 16.4. The van der Waals surface area contributed by atoms with E-state index in [0.717, 1.165) is 18.5 Å². The minimum Gasteiger partial charge on any atom is -0.419 e. The van der Waals surface area contributed by atoms with Crippen molar-refractivity contribution in [1.82, 2.24) is 15.2 Å². The van der Waals surface area contributed by atoms with Gasteiger partial charge in [-0.1, -0.05) is 6.92 Å². The quantitative estimate of drug-likeness (QED) is 0.780. The minimum atomic E-state index is 0.563. The zero-order valence-corrected chi connectivity index (χ0v) is 7.45. The molecule has 4 nitrogen and oxygen atoms in total. The van der Waals surface area contributed by atoms with Crippen LogP contribution in [0.15, 0.2) is 22.7 Å². The van der Waals surface area contributed by atoms with Gasteiger partial charge in [-0.2, -0.15) is 0 Å². The standard InChI is InChI=1S/C9H11N3O/c1-2-4-8-11-12-9(13-8)7-5-3-6-10-7/h3,5-6,10H,2,4H2,1H3. The molecule has 0 amide bonds. The maximum absolute atomic E-state index is 5.41. The summed E-state index contributed by atoms with van der Waals surface area (Å²) in [6.45, 7) is 2.08. The van der Waals surface area contributed by atoms with Gasteiger partial charge in [0.05, 0.1) is 0 Å². The third kappa shape index (κ3) is 1.61. The summed E-state index contributed by atoms with van der Waals surface area (Å²) in [7, 11) is 0. The van der Waals surface area contributed by atoms with E-state index in [-0.39, 0.29) is 0 Å². The minimum absolute atomic E-state index is 0.563. The van der Waals surface area contributed by atoms with Crippen molar-refractivity contribution in [3.05, 3.63) is 24.2 Å². The van der Waals surface area contributed by atoms with Crippen LogP contribution in [-0.4, -0.2) is 15.2 Å². The lowest BCUT2D eigenvalue weighted by Crippen LogP contribution is -1.80. The fraction of sp³-hybridized carbons (Fsp3) is 0.333. The molecule has 0 fully saturated rings. The number of aromatic amines is 1. The number of rotatable bonds is 3. The predicted octanol–water partition coefficient (Wildman–Crippen LogP) is 2.02. The first-order chi connectivity index (χ1) is 6.40. The molecule has 0 saturated carbocycles. The van der Waals surface area contributed by atoms with Gasteiger partial charge in [0, 0.05) is 12.6 Å². The van der Waals surface area contributed by atoms with Crippen molar-refractivity contribution in [1.29, 1.82) is 0 Å². The molecule has 2 rings (SSSR count). The molecule has 0 atom stereocenters. The summed E-state index contributed by atoms with van der Waals surface area (Å²) >= 11 is 0. The van der Waals surface area contributed by atoms with Crippen molar-refractivity contribution in [2.24, 2.45) is 0 Å². The first-order valence-corrected chi connectivity index (χ1v) is 4.36. The Balaban J connectivity index is 2.23. The highest BCUT2D eigenvalue weighted by Crippen LogP contribution is 2.15. The van der Waals surface area contributed by atoms with Gasteiger partial charge in [0.25, 0.3) is 5.89 Å². The van der Waals surface area contributed by atoms with Gasteiger partial charge in [-0.3, -0.25) is 0 Å². The molecule has 2 heterocycles. The molecule has 0 saturated heterocycles. The molecule has 0 aliphatic heterocycles. The molecule has 68 valence electrons. The first kappa shape index (κ1) is 8.04. The Morgan fingerprint density at radius 3 is 3.08 bits per heavy atom. The summed E-state index contributed by atoms with van der Waals surface area (Å²) < 4.78 is 5.41. The number of aromatic nitrogens is 3. The van der Waals surface area contributed by atoms with Gasteiger partial charge >= 0.3 is 0 Å². The van der Waals surface area contributed by atoms with Crippen molar-refractivity contribution in [3.8, 4) is 11.6 Å². The van der Waals surface area contributed by atoms with E-state index in [9.17, 15) is 0 Å². The van der Waals surface area contributed by atoms with Gasteiger partial charge in [-0.05, 0) is 18.6 Å². The molecular weight excluding hydrogens is 166 g/mol. The van der Waals surface area contributed by atoms with Crippen molar-refractivity contribution < 1.29 is 4.42 Å². The fourth-order valence-electron chi connectivity index (χ4n) is 1.14. The summed E-state index contributed by atoms with van der Waals surface area (Å²) in [5.41, 5.74) is 0.870. The van der Waals surface area contributed by atoms with Gasteiger partial charge in [-0.15, -0.1) is 10.2 Å². The first-order valence-electron chi connectivity index (χ1n) is 4.36. The third-order valence-electron chi connectivity index (χ3n) is 1.76. The SMILES string of the molecule is CCCc1nnc(-c2ccc[nH]2)o1. The van der Waals surface area contributed by atoms with E-state index < -0.39 is 0 Å². The molecule has 2 aromatic heterocycles. The van der Waals surface area contributed by atoms with Gasteiger partial charge in [0.1, 0.15) is 5.69 Å². The summed E-state index contributed by atoms with van der Waals surface area (Å²) in [5, 5.41) is 7.85. The maximum Gasteiger partial charge on any atom is 0.264 e. The van der Waals surface area contributed by atoms with Crippen LogP contribution in [0.5, 0.6) is 0 Å². The Morgan fingerprint density at radius 2 is 2.38 bits per heavy atom. The number of aryl methyl sites for hydroxylation is 1. The number of H-pyrrole nitrogens is 1. The van der Waals surface area contributed by atoms with Crippen molar-refractivity contribution in [2.45, 2.75) is 19.8 Å². The molecule has 0 aliphatic rings. The van der Waals surface area contributed by atoms with Crippen LogP contribution in [0.25, 0.3) is 11.6 Å². The highest BCUT2D eigenvalue weighted by molar-refractivity contribution is 5.45. The Bertz CT molecular complexity index is 364. The number of hydrogen-bond acceptors (Lipinski definition) is 3. The number of hydrogen-bond donors (Lipinski definition) is 1. The van der Waals surface area contributed by atoms with Crippen LogP contribution >= 0.6 is 0 Å². The van der Waals surface area contributed by atoms with E-state index >= 15 is 0 Å². The van der Waals surface area contributed by atoms with Crippen LogP contribution < -0.4 is 0 Å². The normalized spacial score (nSPS) is 10.5. The molecule has 13 heavy (non-hydrogen) atoms. The van der Waals surface area contributed by atoms with Crippen LogP contribution in [-0.2, 0) is 6.42 Å². The molecule has 0 spiro atoms. The highest BCUT2D eigenvalue weighted by Gasteiger charge is 2.07. The Morgan fingerprint density at radius 1 is 1.46 bits per heavy atom. The molecule has 1 N–H and O–H groups in total. The monoisotopic (exact) mass is 177 g/mol. The molecule has 4 heteroatoms. The van der Waals surface area contributed by atoms with Crippen molar-refractivity contribution >= 4 is 0 Å². The molecule has 0 radical (unpaired) electrons. The van der Waals surface area contributed by atoms with E-state index in [0.29, 0.717) is 11.8 Å². The van der Waals surface area contributed by atoms with Gasteiger partial charge < -0.3 is 9.40 Å². The van der Waals surface area contributed by atoms with Crippen LogP contribution in [0.1, 0.15) is 19.2 Å². The lowest BCUT2D eigenvalue weighted by molar-refractivity contribution is 0.501. The largest absolute Gasteiger partial charge is 0.419 e. The molecular formula is C9H11N3O. The van der Waals surface area contributed by atoms with Crippen LogP contribution in [0.2, 0.25) is 0 Å². The lowest BCUT2D eigenvalue weighted by Gasteiger charge is -1.87. The van der Waals surface area contributed by atoms with E-state index in [4.69, 9.17) is 4.42 Å². The second-order valence-corrected chi connectivity index (χ2v) is 2.83. The van der Waals surface area contributed by atoms with Gasteiger partial charge in [0.15, 0.2) is 0 Å². The average molecular weight is 177 g/mol. The van der Waals surface area contributed by atoms with E-state index in [1.807, 2.05) is 18.3 Å². The average Bonchev–Trinajstić information content (AvgIpc) is 2.70. The van der Waals surface area contributed by atoms with Gasteiger partial charge in [-0.25, -0.2) is 0 Å². The van der Waals surface area contributed by atoms with E-state index in [2.05, 4.69) is 22.1 Å². The Hall–Kier alpha value is -1.58. The molecule has 0 bridgehead atoms. The van der Waals surface area contributed by atoms with E-state index in [1.54, 1.807) is 0 Å². The zero-order valence-electron chi connectivity index (χ0n) is 7.45. The smallest absolute Gasteiger partial charge is 0.264 e. The van der Waals surface area contributed by atoms with E-state index in [1.165, 1.54) is 0 Å². The summed E-state index contributed by atoms with van der Waals surface area (Å²) in [4.78, 5) is 3.01. The number of nitrogens with zero attached hydrogens (tertiary/aromatic N) is 2. The van der Waals surface area contributed by atoms with Crippen LogP contribution in [0, 0.1) is 0 Å². The Kier molecular flexibility index (Phi) is 2.12. The van der Waals surface area contributed by atoms with Crippen molar-refractivity contribution in [3.63, 3.8) is 0 Å². The second-order valence-electron chi connectivity index (χ2n) is 2.83. The summed E-state index contributed by atoms with van der Waals surface area (Å²) in [6, 6.07) is 3.81. The Labute approximate surface area is 76.0 Å². The second kappa shape index (κ2) is 3.43. The molecule has 0 aliphatic carbocycles. The number of nitrogens with one attached hydrogen (secondary N) is 1. The third-order valence-corrected chi connectivity index (χ3v) is 1.76.